The van der Waals surface area contributed by atoms with E-state index in [1.54, 1.807) is 0 Å². The van der Waals surface area contributed by atoms with Crippen LogP contribution in [0.25, 0.3) is 0 Å². The number of aromatic nitrogens is 1. The van der Waals surface area contributed by atoms with E-state index in [0.29, 0.717) is 11.8 Å². The molecule has 1 atom stereocenters. The Morgan fingerprint density at radius 1 is 0.963 bits per heavy atom. The monoisotopic (exact) mass is 369 g/mol. The lowest BCUT2D eigenvalue weighted by molar-refractivity contribution is -0.136. The molecule has 0 radical (unpaired) electrons. The van der Waals surface area contributed by atoms with Gasteiger partial charge in [0, 0.05) is 50.0 Å². The van der Waals surface area contributed by atoms with Crippen molar-refractivity contribution in [3.05, 3.63) is 30.1 Å². The van der Waals surface area contributed by atoms with Crippen molar-refractivity contribution in [2.45, 2.75) is 70.3 Å². The maximum Gasteiger partial charge on any atom is 0.225 e. The minimum absolute atomic E-state index is 0.285. The Morgan fingerprint density at radius 2 is 1.74 bits per heavy atom. The van der Waals surface area contributed by atoms with Crippen molar-refractivity contribution in [1.82, 2.24) is 14.8 Å². The molecule has 0 N–H and O–H groups in total. The summed E-state index contributed by atoms with van der Waals surface area (Å²) in [6, 6.07) is 6.94. The van der Waals surface area contributed by atoms with Gasteiger partial charge in [0.2, 0.25) is 5.91 Å². The van der Waals surface area contributed by atoms with Crippen LogP contribution < -0.4 is 0 Å². The fourth-order valence-corrected chi connectivity index (χ4v) is 5.49. The fourth-order valence-electron chi connectivity index (χ4n) is 5.49. The van der Waals surface area contributed by atoms with Crippen molar-refractivity contribution in [2.24, 2.45) is 11.8 Å². The Kier molecular flexibility index (Phi) is 6.43. The Balaban J connectivity index is 1.46. The zero-order valence-electron chi connectivity index (χ0n) is 16.7. The molecule has 4 nitrogen and oxygen atoms in total. The lowest BCUT2D eigenvalue weighted by Gasteiger charge is -2.30. The van der Waals surface area contributed by atoms with E-state index >= 15 is 0 Å². The number of carbonyl (C=O) groups excluding carboxylic acids is 1. The third-order valence-electron chi connectivity index (χ3n) is 6.96. The van der Waals surface area contributed by atoms with E-state index in [1.165, 1.54) is 50.6 Å². The predicted octanol–water partition coefficient (Wildman–Crippen LogP) is 3.91. The second-order valence-electron chi connectivity index (χ2n) is 8.94. The van der Waals surface area contributed by atoms with Crippen LogP contribution in [0.5, 0.6) is 0 Å². The SMILES string of the molecule is O=C(C1CCCCC1)N1CCN(C2CCCC2)CC(Cc2ccccn2)C1. The van der Waals surface area contributed by atoms with E-state index in [2.05, 4.69) is 26.9 Å². The van der Waals surface area contributed by atoms with E-state index in [1.807, 2.05) is 12.3 Å². The van der Waals surface area contributed by atoms with Crippen LogP contribution in [0.1, 0.15) is 63.5 Å². The number of nitrogens with zero attached hydrogens (tertiary/aromatic N) is 3. The Bertz CT molecular complexity index is 593. The van der Waals surface area contributed by atoms with Gasteiger partial charge in [-0.1, -0.05) is 38.2 Å². The summed E-state index contributed by atoms with van der Waals surface area (Å²) < 4.78 is 0. The van der Waals surface area contributed by atoms with Crippen molar-refractivity contribution in [3.63, 3.8) is 0 Å². The Labute approximate surface area is 164 Å². The summed E-state index contributed by atoms with van der Waals surface area (Å²) in [6.07, 6.45) is 14.3. The first-order valence-electron chi connectivity index (χ1n) is 11.2. The summed E-state index contributed by atoms with van der Waals surface area (Å²) in [6.45, 7) is 4.01. The molecule has 2 aliphatic carbocycles. The maximum atomic E-state index is 13.2. The van der Waals surface area contributed by atoms with Crippen LogP contribution in [0.15, 0.2) is 24.4 Å². The molecule has 2 heterocycles. The summed E-state index contributed by atoms with van der Waals surface area (Å²) in [5.41, 5.74) is 1.17. The zero-order valence-corrected chi connectivity index (χ0v) is 16.7. The molecule has 0 spiro atoms. The smallest absolute Gasteiger partial charge is 0.225 e. The molecule has 0 bridgehead atoms. The molecular weight excluding hydrogens is 334 g/mol. The van der Waals surface area contributed by atoms with Gasteiger partial charge in [0.15, 0.2) is 0 Å². The number of rotatable bonds is 4. The van der Waals surface area contributed by atoms with Crippen LogP contribution in [-0.4, -0.2) is 52.9 Å². The van der Waals surface area contributed by atoms with Crippen LogP contribution in [-0.2, 0) is 11.2 Å². The second kappa shape index (κ2) is 9.18. The number of amides is 1. The molecule has 3 fully saturated rings. The first kappa shape index (κ1) is 18.9. The second-order valence-corrected chi connectivity index (χ2v) is 8.94. The van der Waals surface area contributed by atoms with Gasteiger partial charge in [0.1, 0.15) is 0 Å². The van der Waals surface area contributed by atoms with Gasteiger partial charge in [-0.25, -0.2) is 0 Å². The largest absolute Gasteiger partial charge is 0.341 e. The molecule has 1 aromatic heterocycles. The van der Waals surface area contributed by atoms with Gasteiger partial charge >= 0.3 is 0 Å². The molecule has 2 saturated carbocycles. The lowest BCUT2D eigenvalue weighted by Crippen LogP contribution is -2.41. The van der Waals surface area contributed by atoms with Gasteiger partial charge in [-0.2, -0.15) is 0 Å². The average Bonchev–Trinajstić information content (AvgIpc) is 3.17. The summed E-state index contributed by atoms with van der Waals surface area (Å²) in [5, 5.41) is 0. The number of hydrogen-bond donors (Lipinski definition) is 0. The predicted molar refractivity (Wildman–Crippen MR) is 108 cm³/mol. The molecule has 0 aromatic carbocycles. The standard InChI is InChI=1S/C23H35N3O/c27-23(20-8-2-1-3-9-20)26-15-14-25(22-11-4-5-12-22)17-19(18-26)16-21-10-6-7-13-24-21/h6-7,10,13,19-20,22H,1-5,8-9,11-12,14-18H2. The van der Waals surface area contributed by atoms with E-state index in [9.17, 15) is 4.79 Å². The van der Waals surface area contributed by atoms with E-state index in [-0.39, 0.29) is 5.92 Å². The van der Waals surface area contributed by atoms with E-state index in [4.69, 9.17) is 0 Å². The summed E-state index contributed by atoms with van der Waals surface area (Å²) in [4.78, 5) is 22.7. The van der Waals surface area contributed by atoms with Crippen molar-refractivity contribution < 1.29 is 4.79 Å². The summed E-state index contributed by atoms with van der Waals surface area (Å²) in [5.74, 6) is 1.22. The van der Waals surface area contributed by atoms with Crippen molar-refractivity contribution >= 4 is 5.91 Å². The molecule has 27 heavy (non-hydrogen) atoms. The minimum atomic E-state index is 0.285. The third kappa shape index (κ3) is 4.90. The highest BCUT2D eigenvalue weighted by Gasteiger charge is 2.33. The molecule has 1 unspecified atom stereocenters. The normalized spacial score (nSPS) is 26.2. The van der Waals surface area contributed by atoms with Crippen molar-refractivity contribution in [2.75, 3.05) is 26.2 Å². The average molecular weight is 370 g/mol. The topological polar surface area (TPSA) is 36.4 Å². The number of hydrogen-bond acceptors (Lipinski definition) is 3. The van der Waals surface area contributed by atoms with Gasteiger partial charge in [0.05, 0.1) is 0 Å². The van der Waals surface area contributed by atoms with Gasteiger partial charge in [-0.15, -0.1) is 0 Å². The summed E-state index contributed by atoms with van der Waals surface area (Å²) >= 11 is 0. The maximum absolute atomic E-state index is 13.2. The molecule has 4 heteroatoms. The number of carbonyl (C=O) groups is 1. The van der Waals surface area contributed by atoms with Crippen LogP contribution in [0.4, 0.5) is 0 Å². The molecule has 1 amide bonds. The van der Waals surface area contributed by atoms with Gasteiger partial charge < -0.3 is 4.90 Å². The van der Waals surface area contributed by atoms with Crippen LogP contribution in [0, 0.1) is 11.8 Å². The summed E-state index contributed by atoms with van der Waals surface area (Å²) in [7, 11) is 0. The van der Waals surface area contributed by atoms with Gasteiger partial charge in [-0.05, 0) is 50.2 Å². The molecule has 1 aliphatic heterocycles. The van der Waals surface area contributed by atoms with Gasteiger partial charge in [-0.3, -0.25) is 14.7 Å². The third-order valence-corrected chi connectivity index (χ3v) is 6.96. The molecule has 1 aromatic rings. The Morgan fingerprint density at radius 3 is 2.48 bits per heavy atom. The highest BCUT2D eigenvalue weighted by molar-refractivity contribution is 5.79. The zero-order chi connectivity index (χ0) is 18.5. The van der Waals surface area contributed by atoms with E-state index in [0.717, 1.165) is 51.5 Å². The molecule has 1 saturated heterocycles. The minimum Gasteiger partial charge on any atom is -0.341 e. The molecular formula is C23H35N3O. The quantitative estimate of drug-likeness (QED) is 0.807. The van der Waals surface area contributed by atoms with Crippen molar-refractivity contribution in [1.29, 1.82) is 0 Å². The van der Waals surface area contributed by atoms with Crippen molar-refractivity contribution in [3.8, 4) is 0 Å². The van der Waals surface area contributed by atoms with E-state index < -0.39 is 0 Å². The lowest BCUT2D eigenvalue weighted by atomic mass is 9.88. The number of pyridine rings is 1. The van der Waals surface area contributed by atoms with Crippen LogP contribution in [0.3, 0.4) is 0 Å². The molecule has 148 valence electrons. The van der Waals surface area contributed by atoms with Gasteiger partial charge in [0.25, 0.3) is 0 Å². The van der Waals surface area contributed by atoms with Crippen LogP contribution >= 0.6 is 0 Å². The highest BCUT2D eigenvalue weighted by Crippen LogP contribution is 2.29. The highest BCUT2D eigenvalue weighted by atomic mass is 16.2. The Hall–Kier alpha value is -1.42. The fraction of sp³-hybridized carbons (Fsp3) is 0.739. The molecule has 4 rings (SSSR count). The first-order chi connectivity index (χ1) is 13.3. The molecule has 3 aliphatic rings. The first-order valence-corrected chi connectivity index (χ1v) is 11.2. The van der Waals surface area contributed by atoms with Crippen LogP contribution in [0.2, 0.25) is 0 Å².